The molecule has 1 amide bonds. The van der Waals surface area contributed by atoms with Crippen LogP contribution in [0.4, 0.5) is 0 Å². The lowest BCUT2D eigenvalue weighted by atomic mass is 10.1. The summed E-state index contributed by atoms with van der Waals surface area (Å²) in [6.45, 7) is 1.37. The van der Waals surface area contributed by atoms with Crippen LogP contribution in [0.15, 0.2) is 12.1 Å². The maximum absolute atomic E-state index is 11.5. The monoisotopic (exact) mass is 225 g/mol. The summed E-state index contributed by atoms with van der Waals surface area (Å²) in [5, 5.41) is 8.06. The molecular formula is C10H12ClN3O. The molecule has 1 aliphatic heterocycles. The lowest BCUT2D eigenvalue weighted by Gasteiger charge is -2.26. The summed E-state index contributed by atoms with van der Waals surface area (Å²) in [5.74, 6) is 0.206. The summed E-state index contributed by atoms with van der Waals surface area (Å²) in [7, 11) is 0. The molecule has 4 nitrogen and oxygen atoms in total. The number of hydrogen-bond acceptors (Lipinski definition) is 3. The van der Waals surface area contributed by atoms with Crippen LogP contribution in [0.25, 0.3) is 0 Å². The average Bonchev–Trinajstić information content (AvgIpc) is 2.25. The minimum absolute atomic E-state index is 0.206. The van der Waals surface area contributed by atoms with E-state index >= 15 is 0 Å². The molecule has 1 aromatic heterocycles. The van der Waals surface area contributed by atoms with E-state index in [1.54, 1.807) is 12.1 Å². The van der Waals surface area contributed by atoms with E-state index in [1.807, 2.05) is 4.90 Å². The number of aromatic nitrogens is 2. The zero-order valence-corrected chi connectivity index (χ0v) is 9.07. The Bertz CT molecular complexity index is 352. The molecule has 0 atom stereocenters. The zero-order valence-electron chi connectivity index (χ0n) is 8.32. The molecule has 15 heavy (non-hydrogen) atoms. The summed E-state index contributed by atoms with van der Waals surface area (Å²) >= 11 is 5.63. The minimum Gasteiger partial charge on any atom is -0.337 e. The van der Waals surface area contributed by atoms with Gasteiger partial charge in [0.15, 0.2) is 5.15 Å². The van der Waals surface area contributed by atoms with Gasteiger partial charge in [-0.3, -0.25) is 4.79 Å². The van der Waals surface area contributed by atoms with Crippen molar-refractivity contribution >= 4 is 17.5 Å². The molecule has 0 N–H and O–H groups in total. The maximum atomic E-state index is 11.5. The third-order valence-electron chi connectivity index (χ3n) is 2.46. The fraction of sp³-hybridized carbons (Fsp3) is 0.500. The molecule has 0 aliphatic carbocycles. The predicted molar refractivity (Wildman–Crippen MR) is 56.3 cm³/mol. The maximum Gasteiger partial charge on any atom is 0.222 e. The number of hydrogen-bond donors (Lipinski definition) is 0. The fourth-order valence-electron chi connectivity index (χ4n) is 1.65. The van der Waals surface area contributed by atoms with E-state index in [4.69, 9.17) is 11.6 Å². The summed E-state index contributed by atoms with van der Waals surface area (Å²) in [6.07, 6.45) is 2.73. The van der Waals surface area contributed by atoms with Crippen LogP contribution in [0.5, 0.6) is 0 Å². The van der Waals surface area contributed by atoms with Gasteiger partial charge in [-0.15, -0.1) is 5.10 Å². The second-order valence-corrected chi connectivity index (χ2v) is 4.01. The Labute approximate surface area is 93.2 Å². The van der Waals surface area contributed by atoms with Gasteiger partial charge in [-0.25, -0.2) is 0 Å². The first kappa shape index (κ1) is 10.4. The highest BCUT2D eigenvalue weighted by Crippen LogP contribution is 2.13. The van der Waals surface area contributed by atoms with Crippen molar-refractivity contribution in [1.82, 2.24) is 15.1 Å². The van der Waals surface area contributed by atoms with Gasteiger partial charge < -0.3 is 4.90 Å². The molecule has 1 saturated heterocycles. The van der Waals surface area contributed by atoms with E-state index in [1.165, 1.54) is 0 Å². The quantitative estimate of drug-likeness (QED) is 0.769. The van der Waals surface area contributed by atoms with Crippen LogP contribution in [0.3, 0.4) is 0 Å². The molecule has 0 unspecified atom stereocenters. The van der Waals surface area contributed by atoms with E-state index in [0.717, 1.165) is 25.1 Å². The van der Waals surface area contributed by atoms with Gasteiger partial charge in [0.25, 0.3) is 0 Å². The Balaban J connectivity index is 2.01. The smallest absolute Gasteiger partial charge is 0.222 e. The Hall–Kier alpha value is -1.16. The topological polar surface area (TPSA) is 46.1 Å². The fourth-order valence-corrected chi connectivity index (χ4v) is 1.75. The van der Waals surface area contributed by atoms with Crippen LogP contribution in [0, 0.1) is 0 Å². The molecule has 0 spiro atoms. The Morgan fingerprint density at radius 1 is 1.33 bits per heavy atom. The summed E-state index contributed by atoms with van der Waals surface area (Å²) in [6, 6.07) is 3.50. The molecule has 0 radical (unpaired) electrons. The van der Waals surface area contributed by atoms with Gasteiger partial charge in [0.05, 0.1) is 12.2 Å². The second-order valence-electron chi connectivity index (χ2n) is 3.62. The first-order valence-corrected chi connectivity index (χ1v) is 5.39. The number of nitrogens with zero attached hydrogens (tertiary/aromatic N) is 3. The molecule has 2 heterocycles. The standard InChI is InChI=1S/C10H12ClN3O/c11-9-5-4-8(12-13-9)7-14-6-2-1-3-10(14)15/h4-5H,1-3,6-7H2. The molecule has 0 bridgehead atoms. The lowest BCUT2D eigenvalue weighted by molar-refractivity contribution is -0.133. The zero-order chi connectivity index (χ0) is 10.7. The number of piperidine rings is 1. The van der Waals surface area contributed by atoms with Crippen LogP contribution in [0.2, 0.25) is 5.15 Å². The van der Waals surface area contributed by atoms with Gasteiger partial charge in [0.1, 0.15) is 0 Å². The Kier molecular flexibility index (Phi) is 3.16. The van der Waals surface area contributed by atoms with Gasteiger partial charge in [-0.05, 0) is 25.0 Å². The van der Waals surface area contributed by atoms with Crippen molar-refractivity contribution in [1.29, 1.82) is 0 Å². The third kappa shape index (κ3) is 2.65. The van der Waals surface area contributed by atoms with Crippen molar-refractivity contribution in [2.75, 3.05) is 6.54 Å². The van der Waals surface area contributed by atoms with Crippen LogP contribution >= 0.6 is 11.6 Å². The normalized spacial score (nSPS) is 16.9. The van der Waals surface area contributed by atoms with Crippen molar-refractivity contribution in [2.24, 2.45) is 0 Å². The number of rotatable bonds is 2. The number of carbonyl (C=O) groups excluding carboxylic acids is 1. The largest absolute Gasteiger partial charge is 0.337 e. The van der Waals surface area contributed by atoms with Crippen LogP contribution in [-0.4, -0.2) is 27.5 Å². The van der Waals surface area contributed by atoms with Gasteiger partial charge in [0.2, 0.25) is 5.91 Å². The van der Waals surface area contributed by atoms with Gasteiger partial charge >= 0.3 is 0 Å². The second kappa shape index (κ2) is 4.57. The predicted octanol–water partition coefficient (Wildman–Crippen LogP) is 1.64. The molecule has 1 aromatic rings. The first-order chi connectivity index (χ1) is 7.25. The van der Waals surface area contributed by atoms with Crippen LogP contribution < -0.4 is 0 Å². The highest BCUT2D eigenvalue weighted by molar-refractivity contribution is 6.29. The van der Waals surface area contributed by atoms with Gasteiger partial charge in [-0.2, -0.15) is 5.10 Å². The summed E-state index contributed by atoms with van der Waals surface area (Å²) < 4.78 is 0. The number of likely N-dealkylation sites (tertiary alicyclic amines) is 1. The van der Waals surface area contributed by atoms with E-state index in [-0.39, 0.29) is 5.91 Å². The highest BCUT2D eigenvalue weighted by Gasteiger charge is 2.18. The Morgan fingerprint density at radius 3 is 2.87 bits per heavy atom. The summed E-state index contributed by atoms with van der Waals surface area (Å²) in [4.78, 5) is 13.3. The highest BCUT2D eigenvalue weighted by atomic mass is 35.5. The molecular weight excluding hydrogens is 214 g/mol. The molecule has 1 fully saturated rings. The van der Waals surface area contributed by atoms with E-state index in [2.05, 4.69) is 10.2 Å². The minimum atomic E-state index is 0.206. The van der Waals surface area contributed by atoms with E-state index < -0.39 is 0 Å². The molecule has 0 aromatic carbocycles. The van der Waals surface area contributed by atoms with Crippen LogP contribution in [-0.2, 0) is 11.3 Å². The number of carbonyl (C=O) groups is 1. The van der Waals surface area contributed by atoms with Crippen molar-refractivity contribution in [3.63, 3.8) is 0 Å². The van der Waals surface area contributed by atoms with Gasteiger partial charge in [0, 0.05) is 13.0 Å². The van der Waals surface area contributed by atoms with Gasteiger partial charge in [-0.1, -0.05) is 11.6 Å². The van der Waals surface area contributed by atoms with Crippen molar-refractivity contribution < 1.29 is 4.79 Å². The first-order valence-electron chi connectivity index (χ1n) is 5.01. The van der Waals surface area contributed by atoms with E-state index in [0.29, 0.717) is 18.1 Å². The Morgan fingerprint density at radius 2 is 2.20 bits per heavy atom. The third-order valence-corrected chi connectivity index (χ3v) is 2.66. The number of halogens is 1. The number of amides is 1. The molecule has 5 heteroatoms. The lowest BCUT2D eigenvalue weighted by Crippen LogP contribution is -2.34. The van der Waals surface area contributed by atoms with Crippen LogP contribution in [0.1, 0.15) is 25.0 Å². The van der Waals surface area contributed by atoms with Crippen molar-refractivity contribution in [3.8, 4) is 0 Å². The van der Waals surface area contributed by atoms with Crippen molar-refractivity contribution in [2.45, 2.75) is 25.8 Å². The van der Waals surface area contributed by atoms with Crippen molar-refractivity contribution in [3.05, 3.63) is 23.0 Å². The molecule has 2 rings (SSSR count). The summed E-state index contributed by atoms with van der Waals surface area (Å²) in [5.41, 5.74) is 0.787. The molecule has 80 valence electrons. The van der Waals surface area contributed by atoms with E-state index in [9.17, 15) is 4.79 Å². The molecule has 0 saturated carbocycles. The SMILES string of the molecule is O=C1CCCCN1Cc1ccc(Cl)nn1. The average molecular weight is 226 g/mol. The molecule has 1 aliphatic rings.